The first-order chi connectivity index (χ1) is 23.6. The Morgan fingerprint density at radius 1 is 0.569 bits per heavy atom. The van der Waals surface area contributed by atoms with E-state index in [0.717, 1.165) is 35.1 Å². The first-order valence-electron chi connectivity index (χ1n) is 17.2. The molecule has 0 fully saturated rings. The van der Waals surface area contributed by atoms with Gasteiger partial charge in [0.2, 0.25) is 0 Å². The minimum atomic E-state index is -0.373. The number of nitrogens with zero attached hydrogens (tertiary/aromatic N) is 6. The summed E-state index contributed by atoms with van der Waals surface area (Å²) in [6.07, 6.45) is 1.95. The first-order valence-corrected chi connectivity index (χ1v) is 18.0. The maximum atomic E-state index is 11.7. The summed E-state index contributed by atoms with van der Waals surface area (Å²) in [5.74, 6) is -0.179. The van der Waals surface area contributed by atoms with Gasteiger partial charge in [0, 0.05) is 28.6 Å². The zero-order chi connectivity index (χ0) is 37.3. The average Bonchev–Trinajstić information content (AvgIpc) is 3.57. The van der Waals surface area contributed by atoms with Crippen LogP contribution < -0.4 is 0 Å². The van der Waals surface area contributed by atoms with Crippen molar-refractivity contribution in [3.8, 4) is 22.9 Å². The summed E-state index contributed by atoms with van der Waals surface area (Å²) in [4.78, 5) is 2.96. The van der Waals surface area contributed by atoms with Crippen LogP contribution >= 0.6 is 23.2 Å². The van der Waals surface area contributed by atoms with Crippen LogP contribution in [0.5, 0.6) is 11.5 Å². The van der Waals surface area contributed by atoms with E-state index in [1.807, 2.05) is 24.3 Å². The summed E-state index contributed by atoms with van der Waals surface area (Å²) < 4.78 is 0. The van der Waals surface area contributed by atoms with Gasteiger partial charge in [-0.25, -0.2) is 0 Å². The van der Waals surface area contributed by atoms with E-state index in [-0.39, 0.29) is 39.6 Å². The molecule has 0 bridgehead atoms. The van der Waals surface area contributed by atoms with Crippen molar-refractivity contribution in [3.63, 3.8) is 0 Å². The molecule has 0 atom stereocenters. The average molecular weight is 726 g/mol. The van der Waals surface area contributed by atoms with Gasteiger partial charge in [0.05, 0.1) is 0 Å². The fraction of sp³-hybridized carbons (Fsp3) is 0.415. The Morgan fingerprint density at radius 3 is 1.27 bits per heavy atom. The Balaban J connectivity index is 1.69. The second-order valence-corrected chi connectivity index (χ2v) is 18.3. The number of hydrogen-bond donors (Lipinski definition) is 2. The van der Waals surface area contributed by atoms with E-state index in [0.29, 0.717) is 43.5 Å². The number of phenolic OH excluding ortho intramolecular Hbond substituents is 2. The van der Waals surface area contributed by atoms with Crippen LogP contribution in [0.2, 0.25) is 10.0 Å². The van der Waals surface area contributed by atoms with E-state index in [2.05, 4.69) is 81.4 Å². The largest absolute Gasteiger partial charge is 0.505 e. The molecule has 51 heavy (non-hydrogen) atoms. The number of aromatic nitrogens is 6. The standard InChI is InChI=1S/C41H46Cl2N6O2/c1-38(2,3)22-40(7,8)28-13-17-34(50)36(48-44-30-15-11-24(42)19-32(30)46-48)26(28)21-27-29(41(9,10)23-39(4,5)6)14-18-35(51)37(27)49-45-31-16-12-25(43)20-33(31)47-49/h11-16,19-20,50-51H,21-23H2,1-10H3. The molecule has 0 saturated heterocycles. The van der Waals surface area contributed by atoms with E-state index >= 15 is 0 Å². The van der Waals surface area contributed by atoms with Gasteiger partial charge in [-0.3, -0.25) is 0 Å². The highest BCUT2D eigenvalue weighted by Crippen LogP contribution is 2.46. The lowest BCUT2D eigenvalue weighted by molar-refractivity contribution is 0.282. The molecular weight excluding hydrogens is 679 g/mol. The molecule has 2 N–H and O–H groups in total. The minimum absolute atomic E-state index is 0.0143. The molecule has 0 unspecified atom stereocenters. The molecule has 2 aromatic heterocycles. The van der Waals surface area contributed by atoms with Gasteiger partial charge in [0.15, 0.2) is 11.5 Å². The van der Waals surface area contributed by atoms with Gasteiger partial charge >= 0.3 is 0 Å². The van der Waals surface area contributed by atoms with Crippen LogP contribution in [0.25, 0.3) is 33.4 Å². The van der Waals surface area contributed by atoms with E-state index in [4.69, 9.17) is 43.6 Å². The summed E-state index contributed by atoms with van der Waals surface area (Å²) in [6, 6.07) is 20.7. The van der Waals surface area contributed by atoms with Gasteiger partial charge in [-0.05, 0) is 105 Å². The Hall–Kier alpha value is -4.14. The van der Waals surface area contributed by atoms with Crippen molar-refractivity contribution < 1.29 is 10.2 Å². The third-order valence-electron chi connectivity index (χ3n) is 9.22. The lowest BCUT2D eigenvalue weighted by atomic mass is 9.68. The van der Waals surface area contributed by atoms with E-state index in [9.17, 15) is 10.2 Å². The Labute approximate surface area is 310 Å². The first kappa shape index (κ1) is 36.6. The number of benzene rings is 4. The van der Waals surface area contributed by atoms with Crippen molar-refractivity contribution in [2.45, 2.75) is 99.3 Å². The maximum Gasteiger partial charge on any atom is 0.151 e. The van der Waals surface area contributed by atoms with Crippen LogP contribution in [0.1, 0.15) is 104 Å². The fourth-order valence-electron chi connectivity index (χ4n) is 8.12. The van der Waals surface area contributed by atoms with Gasteiger partial charge < -0.3 is 10.2 Å². The summed E-state index contributed by atoms with van der Waals surface area (Å²) in [5.41, 5.74) is 6.05. The molecule has 2 heterocycles. The van der Waals surface area contributed by atoms with Gasteiger partial charge in [-0.2, -0.15) is 0 Å². The predicted molar refractivity (Wildman–Crippen MR) is 206 cm³/mol. The molecule has 2 radical (unpaired) electrons. The van der Waals surface area contributed by atoms with E-state index in [1.165, 1.54) is 9.59 Å². The normalized spacial score (nSPS) is 13.1. The van der Waals surface area contributed by atoms with E-state index < -0.39 is 0 Å². The highest BCUT2D eigenvalue weighted by Gasteiger charge is 2.36. The number of halogens is 2. The number of aromatic hydroxyl groups is 2. The predicted octanol–water partition coefficient (Wildman–Crippen LogP) is 10.5. The van der Waals surface area contributed by atoms with Crippen molar-refractivity contribution in [3.05, 3.63) is 93.0 Å². The molecular formula is C41H46Cl2N6O2. The van der Waals surface area contributed by atoms with Crippen molar-refractivity contribution in [2.24, 2.45) is 10.8 Å². The smallest absolute Gasteiger partial charge is 0.151 e. The van der Waals surface area contributed by atoms with Crippen LogP contribution in [-0.4, -0.2) is 40.2 Å². The van der Waals surface area contributed by atoms with Gasteiger partial charge in [-0.1, -0.05) is 92.4 Å². The van der Waals surface area contributed by atoms with E-state index in [1.54, 1.807) is 24.3 Å². The van der Waals surface area contributed by atoms with Gasteiger partial charge in [-0.15, -0.1) is 30.0 Å². The minimum Gasteiger partial charge on any atom is -0.505 e. The van der Waals surface area contributed by atoms with Crippen molar-refractivity contribution in [1.82, 2.24) is 30.0 Å². The molecule has 0 aliphatic heterocycles. The second kappa shape index (κ2) is 12.8. The molecule has 0 saturated carbocycles. The van der Waals surface area contributed by atoms with Crippen LogP contribution in [0.15, 0.2) is 48.5 Å². The molecule has 0 spiro atoms. The van der Waals surface area contributed by atoms with Crippen molar-refractivity contribution >= 4 is 45.3 Å². The number of fused-ring (bicyclic) bond motifs is 2. The zero-order valence-corrected chi connectivity index (χ0v) is 32.6. The van der Waals surface area contributed by atoms with Crippen molar-refractivity contribution in [2.75, 3.05) is 0 Å². The highest BCUT2D eigenvalue weighted by atomic mass is 35.5. The molecule has 0 amide bonds. The zero-order valence-electron chi connectivity index (χ0n) is 31.1. The summed E-state index contributed by atoms with van der Waals surface area (Å²) >= 11 is 12.7. The van der Waals surface area contributed by atoms with Crippen LogP contribution in [0, 0.1) is 23.0 Å². The van der Waals surface area contributed by atoms with Crippen LogP contribution in [0.4, 0.5) is 0 Å². The SMILES string of the molecule is CC(C)(C)CC(C)(C)c1c[c]c(O)c(-n2nc3ccc(Cl)cc3n2)c1Cc1c(C(C)(C)CC(C)(C)C)c[c]c(O)c1-n1nc2ccc(Cl)cc2n1. The van der Waals surface area contributed by atoms with Gasteiger partial charge in [0.25, 0.3) is 0 Å². The molecule has 266 valence electrons. The van der Waals surface area contributed by atoms with Gasteiger partial charge in [0.1, 0.15) is 33.4 Å². The number of rotatable bonds is 8. The molecule has 10 heteroatoms. The molecule has 6 aromatic rings. The summed E-state index contributed by atoms with van der Waals surface area (Å²) in [6.45, 7) is 22.2. The molecule has 6 rings (SSSR count). The summed E-state index contributed by atoms with van der Waals surface area (Å²) in [5, 5.41) is 43.7. The van der Waals surface area contributed by atoms with Crippen LogP contribution in [-0.2, 0) is 17.3 Å². The maximum absolute atomic E-state index is 11.7. The Morgan fingerprint density at radius 2 is 0.922 bits per heavy atom. The Kier molecular flexibility index (Phi) is 9.21. The molecule has 0 aliphatic carbocycles. The third-order valence-corrected chi connectivity index (χ3v) is 9.69. The van der Waals surface area contributed by atoms with Crippen LogP contribution in [0.3, 0.4) is 0 Å². The monoisotopic (exact) mass is 724 g/mol. The Bertz CT molecular complexity index is 2110. The topological polar surface area (TPSA) is 102 Å². The lowest BCUT2D eigenvalue weighted by Crippen LogP contribution is -2.29. The third kappa shape index (κ3) is 7.58. The lowest BCUT2D eigenvalue weighted by Gasteiger charge is -2.37. The number of phenols is 2. The quantitative estimate of drug-likeness (QED) is 0.162. The molecule has 4 aromatic carbocycles. The molecule has 0 aliphatic rings. The molecule has 8 nitrogen and oxygen atoms in total. The fourth-order valence-corrected chi connectivity index (χ4v) is 8.46. The summed E-state index contributed by atoms with van der Waals surface area (Å²) in [7, 11) is 0. The highest BCUT2D eigenvalue weighted by molar-refractivity contribution is 6.31. The van der Waals surface area contributed by atoms with Crippen molar-refractivity contribution in [1.29, 1.82) is 0 Å². The second-order valence-electron chi connectivity index (χ2n) is 17.4. The number of hydrogen-bond acceptors (Lipinski definition) is 6.